The molecule has 3 heteroatoms. The average Bonchev–Trinajstić information content (AvgIpc) is 2.55. The van der Waals surface area contributed by atoms with Crippen LogP contribution in [0.15, 0.2) is 73.3 Å². The first-order chi connectivity index (χ1) is 10.2. The van der Waals surface area contributed by atoms with Crippen molar-refractivity contribution < 1.29 is 9.37 Å². The number of benzene rings is 2. The smallest absolute Gasteiger partial charge is 0.291 e. The summed E-state index contributed by atoms with van der Waals surface area (Å²) in [6.45, 7) is 4.05. The lowest BCUT2D eigenvalue weighted by atomic mass is 10.1. The quantitative estimate of drug-likeness (QED) is 0.662. The largest absolute Gasteiger partial charge is 0.438 e. The normalized spacial score (nSPS) is 11.0. The zero-order chi connectivity index (χ0) is 15.1. The summed E-state index contributed by atoms with van der Waals surface area (Å²) in [5, 5.41) is 8.06. The molecule has 0 heterocycles. The van der Waals surface area contributed by atoms with Crippen LogP contribution < -0.4 is 0 Å². The van der Waals surface area contributed by atoms with Gasteiger partial charge in [-0.3, -0.25) is 5.41 Å². The van der Waals surface area contributed by atoms with E-state index in [9.17, 15) is 4.79 Å². The van der Waals surface area contributed by atoms with Crippen molar-refractivity contribution in [2.45, 2.75) is 6.54 Å². The zero-order valence-electron chi connectivity index (χ0n) is 11.7. The summed E-state index contributed by atoms with van der Waals surface area (Å²) in [5.41, 5.74) is 1.59. The maximum atomic E-state index is 12.5. The molecule has 2 aromatic rings. The van der Waals surface area contributed by atoms with Crippen LogP contribution in [0.3, 0.4) is 0 Å². The van der Waals surface area contributed by atoms with E-state index in [1.807, 2.05) is 48.5 Å². The Morgan fingerprint density at radius 1 is 1.05 bits per heavy atom. The molecule has 2 aromatic carbocycles. The lowest BCUT2D eigenvalue weighted by Crippen LogP contribution is -2.29. The third kappa shape index (κ3) is 3.83. The van der Waals surface area contributed by atoms with Gasteiger partial charge in [0.1, 0.15) is 0 Å². The van der Waals surface area contributed by atoms with Crippen LogP contribution >= 0.6 is 0 Å². The van der Waals surface area contributed by atoms with Crippen LogP contribution in [-0.2, 0) is 11.3 Å². The molecule has 0 spiro atoms. The van der Waals surface area contributed by atoms with Crippen molar-refractivity contribution in [1.82, 2.24) is 0 Å². The zero-order valence-corrected chi connectivity index (χ0v) is 11.7. The van der Waals surface area contributed by atoms with Gasteiger partial charge in [0.25, 0.3) is 0 Å². The molecular weight excluding hydrogens is 260 g/mol. The topological polar surface area (TPSA) is 43.9 Å². The van der Waals surface area contributed by atoms with Gasteiger partial charge in [0, 0.05) is 11.1 Å². The van der Waals surface area contributed by atoms with E-state index in [1.165, 1.54) is 4.58 Å². The van der Waals surface area contributed by atoms with Gasteiger partial charge >= 0.3 is 5.91 Å². The Morgan fingerprint density at radius 3 is 2.19 bits per heavy atom. The molecule has 3 nitrogen and oxygen atoms in total. The van der Waals surface area contributed by atoms with Gasteiger partial charge in [-0.25, -0.2) is 4.79 Å². The fraction of sp³-hybridized carbons (Fsp3) is 0.0556. The van der Waals surface area contributed by atoms with Gasteiger partial charge in [-0.15, -0.1) is 0 Å². The summed E-state index contributed by atoms with van der Waals surface area (Å²) in [6, 6.07) is 18.7. The summed E-state index contributed by atoms with van der Waals surface area (Å²) >= 11 is 0. The molecule has 0 saturated carbocycles. The second kappa shape index (κ2) is 7.10. The van der Waals surface area contributed by atoms with E-state index in [1.54, 1.807) is 24.4 Å². The minimum absolute atomic E-state index is 0.0235. The number of nitrogens with zero attached hydrogens (tertiary/aromatic N) is 1. The van der Waals surface area contributed by atoms with E-state index in [-0.39, 0.29) is 11.6 Å². The Balaban J connectivity index is 2.23. The van der Waals surface area contributed by atoms with Crippen molar-refractivity contribution in [3.05, 3.63) is 84.4 Å². The van der Waals surface area contributed by atoms with Gasteiger partial charge < -0.3 is 0 Å². The first-order valence-electron chi connectivity index (χ1n) is 6.67. The maximum absolute atomic E-state index is 12.5. The molecule has 0 radical (unpaired) electrons. The number of allylic oxidation sites excluding steroid dienone is 1. The van der Waals surface area contributed by atoms with E-state index in [2.05, 4.69) is 6.58 Å². The Bertz CT molecular complexity index is 673. The highest BCUT2D eigenvalue weighted by Gasteiger charge is 2.24. The number of carbonyl (C=O) groups excluding carboxylic acids is 1. The fourth-order valence-electron chi connectivity index (χ4n) is 1.97. The molecule has 0 aliphatic rings. The molecule has 0 aliphatic carbocycles. The number of amides is 1. The molecule has 1 amide bonds. The highest BCUT2D eigenvalue weighted by atomic mass is 16.2. The SMILES string of the molecule is C=CC=[N+](Cc1ccccc1)C(=O)C(=N)c1ccccc1. The van der Waals surface area contributed by atoms with Crippen LogP contribution in [0.2, 0.25) is 0 Å². The monoisotopic (exact) mass is 277 g/mol. The standard InChI is InChI=1S/C18H17N2O/c1-2-13-20(14-15-9-5-3-6-10-15)18(21)17(19)16-11-7-4-8-12-16/h2-13,19H,1,14H2/q+1. The van der Waals surface area contributed by atoms with Crippen LogP contribution in [0, 0.1) is 5.41 Å². The van der Waals surface area contributed by atoms with Crippen molar-refractivity contribution in [2.24, 2.45) is 0 Å². The lowest BCUT2D eigenvalue weighted by Gasteiger charge is -2.03. The van der Waals surface area contributed by atoms with E-state index < -0.39 is 0 Å². The number of rotatable bonds is 5. The summed E-state index contributed by atoms with van der Waals surface area (Å²) in [7, 11) is 0. The predicted molar refractivity (Wildman–Crippen MR) is 84.9 cm³/mol. The maximum Gasteiger partial charge on any atom is 0.438 e. The Labute approximate surface area is 124 Å². The van der Waals surface area contributed by atoms with Gasteiger partial charge in [0.15, 0.2) is 18.5 Å². The van der Waals surface area contributed by atoms with Crippen LogP contribution in [0.4, 0.5) is 0 Å². The van der Waals surface area contributed by atoms with Crippen LogP contribution in [0.25, 0.3) is 0 Å². The van der Waals surface area contributed by atoms with E-state index in [4.69, 9.17) is 5.41 Å². The van der Waals surface area contributed by atoms with Crippen molar-refractivity contribution in [3.8, 4) is 0 Å². The molecule has 0 aromatic heterocycles. The van der Waals surface area contributed by atoms with Gasteiger partial charge in [-0.1, -0.05) is 67.2 Å². The number of carbonyl (C=O) groups is 1. The summed E-state index contributed by atoms with van der Waals surface area (Å²) in [6.07, 6.45) is 3.16. The minimum atomic E-state index is -0.343. The van der Waals surface area contributed by atoms with Gasteiger partial charge in [0.2, 0.25) is 0 Å². The Kier molecular flexibility index (Phi) is 4.94. The second-order valence-electron chi connectivity index (χ2n) is 4.54. The average molecular weight is 277 g/mol. The van der Waals surface area contributed by atoms with E-state index in [0.717, 1.165) is 5.56 Å². The summed E-state index contributed by atoms with van der Waals surface area (Å²) in [5.74, 6) is -0.343. The third-order valence-corrected chi connectivity index (χ3v) is 3.02. The highest BCUT2D eigenvalue weighted by Crippen LogP contribution is 2.05. The lowest BCUT2D eigenvalue weighted by molar-refractivity contribution is -0.452. The minimum Gasteiger partial charge on any atom is -0.291 e. The van der Waals surface area contributed by atoms with E-state index in [0.29, 0.717) is 12.1 Å². The second-order valence-corrected chi connectivity index (χ2v) is 4.54. The van der Waals surface area contributed by atoms with Gasteiger partial charge in [-0.05, 0) is 6.08 Å². The van der Waals surface area contributed by atoms with Crippen molar-refractivity contribution in [1.29, 1.82) is 5.41 Å². The molecule has 0 unspecified atom stereocenters. The Morgan fingerprint density at radius 2 is 1.62 bits per heavy atom. The molecule has 0 fully saturated rings. The molecule has 0 aliphatic heterocycles. The summed E-state index contributed by atoms with van der Waals surface area (Å²) < 4.78 is 1.50. The molecule has 2 rings (SSSR count). The fourth-order valence-corrected chi connectivity index (χ4v) is 1.97. The summed E-state index contributed by atoms with van der Waals surface area (Å²) in [4.78, 5) is 12.5. The molecule has 0 saturated heterocycles. The molecule has 104 valence electrons. The van der Waals surface area contributed by atoms with Crippen molar-refractivity contribution in [3.63, 3.8) is 0 Å². The van der Waals surface area contributed by atoms with Gasteiger partial charge in [-0.2, -0.15) is 4.58 Å². The van der Waals surface area contributed by atoms with E-state index >= 15 is 0 Å². The van der Waals surface area contributed by atoms with Crippen LogP contribution in [-0.4, -0.2) is 22.4 Å². The third-order valence-electron chi connectivity index (χ3n) is 3.02. The van der Waals surface area contributed by atoms with Gasteiger partial charge in [0.05, 0.1) is 0 Å². The molecule has 0 atom stereocenters. The number of hydrogen-bond acceptors (Lipinski definition) is 2. The predicted octanol–water partition coefficient (Wildman–Crippen LogP) is 3.05. The van der Waals surface area contributed by atoms with Crippen molar-refractivity contribution in [2.75, 3.05) is 0 Å². The van der Waals surface area contributed by atoms with Crippen LogP contribution in [0.5, 0.6) is 0 Å². The first kappa shape index (κ1) is 14.6. The van der Waals surface area contributed by atoms with Crippen molar-refractivity contribution >= 4 is 17.8 Å². The van der Waals surface area contributed by atoms with Crippen LogP contribution in [0.1, 0.15) is 11.1 Å². The number of hydrogen-bond donors (Lipinski definition) is 1. The molecule has 21 heavy (non-hydrogen) atoms. The Hall–Kier alpha value is -2.81. The highest BCUT2D eigenvalue weighted by molar-refractivity contribution is 6.41. The molecule has 0 bridgehead atoms. The molecule has 1 N–H and O–H groups in total. The first-order valence-corrected chi connectivity index (χ1v) is 6.67. The number of nitrogens with one attached hydrogen (secondary N) is 1. The molecular formula is C18H17N2O+.